The number of hydrogen-bond donors (Lipinski definition) is 0. The molecule has 104 valence electrons. The molecule has 4 rings (SSSR count). The van der Waals surface area contributed by atoms with Gasteiger partial charge in [-0.25, -0.2) is 4.98 Å². The zero-order valence-electron chi connectivity index (χ0n) is 11.6. The summed E-state index contributed by atoms with van der Waals surface area (Å²) in [7, 11) is 2.20. The molecule has 5 nitrogen and oxygen atoms in total. The quantitative estimate of drug-likeness (QED) is 0.781. The number of piperidine rings is 1. The standard InChI is InChI=1S/C15H18N4O/c1-18-11-2-3-12(18)7-10(6-11)15(20)13-8-17-14-9-16-4-5-19(13)14/h4-5,8-12H,2-3,6-7H2,1H3. The van der Waals surface area contributed by atoms with Crippen LogP contribution in [0.2, 0.25) is 0 Å². The molecule has 2 aliphatic rings. The highest BCUT2D eigenvalue weighted by molar-refractivity contribution is 5.97. The van der Waals surface area contributed by atoms with Gasteiger partial charge in [-0.15, -0.1) is 0 Å². The predicted octanol–water partition coefficient (Wildman–Crippen LogP) is 1.78. The highest BCUT2D eigenvalue weighted by atomic mass is 16.1. The largest absolute Gasteiger partial charge is 0.300 e. The highest BCUT2D eigenvalue weighted by Crippen LogP contribution is 2.38. The molecule has 0 saturated carbocycles. The van der Waals surface area contributed by atoms with Gasteiger partial charge in [0.15, 0.2) is 11.4 Å². The van der Waals surface area contributed by atoms with Crippen molar-refractivity contribution in [1.82, 2.24) is 19.3 Å². The number of aromatic nitrogens is 3. The average Bonchev–Trinajstić information content (AvgIpc) is 2.95. The summed E-state index contributed by atoms with van der Waals surface area (Å²) in [5.41, 5.74) is 1.45. The molecule has 0 aromatic carbocycles. The molecule has 2 aliphatic heterocycles. The number of hydrogen-bond acceptors (Lipinski definition) is 4. The van der Waals surface area contributed by atoms with E-state index in [1.54, 1.807) is 18.6 Å². The second-order valence-corrected chi connectivity index (χ2v) is 6.03. The van der Waals surface area contributed by atoms with Crippen molar-refractivity contribution >= 4 is 11.4 Å². The molecule has 5 heteroatoms. The lowest BCUT2D eigenvalue weighted by Gasteiger charge is -2.35. The fourth-order valence-corrected chi connectivity index (χ4v) is 3.86. The Hall–Kier alpha value is -1.75. The Balaban J connectivity index is 1.65. The summed E-state index contributed by atoms with van der Waals surface area (Å²) in [6.07, 6.45) is 11.4. The van der Waals surface area contributed by atoms with Crippen LogP contribution in [0.15, 0.2) is 24.8 Å². The smallest absolute Gasteiger partial charge is 0.184 e. The van der Waals surface area contributed by atoms with Gasteiger partial charge in [-0.2, -0.15) is 0 Å². The molecular weight excluding hydrogens is 252 g/mol. The minimum atomic E-state index is 0.150. The fourth-order valence-electron chi connectivity index (χ4n) is 3.86. The normalized spacial score (nSPS) is 29.9. The lowest BCUT2D eigenvalue weighted by molar-refractivity contribution is 0.0761. The zero-order chi connectivity index (χ0) is 13.7. The molecule has 4 heterocycles. The molecule has 0 N–H and O–H groups in total. The van der Waals surface area contributed by atoms with Crippen molar-refractivity contribution < 1.29 is 4.79 Å². The summed E-state index contributed by atoms with van der Waals surface area (Å²) in [6.45, 7) is 0. The Labute approximate surface area is 117 Å². The van der Waals surface area contributed by atoms with E-state index in [1.165, 1.54) is 12.8 Å². The van der Waals surface area contributed by atoms with Crippen LogP contribution in [0, 0.1) is 5.92 Å². The van der Waals surface area contributed by atoms with E-state index in [9.17, 15) is 4.79 Å². The van der Waals surface area contributed by atoms with Crippen LogP contribution in [0.4, 0.5) is 0 Å². The summed E-state index contributed by atoms with van der Waals surface area (Å²) in [5, 5.41) is 0. The molecule has 20 heavy (non-hydrogen) atoms. The molecule has 2 bridgehead atoms. The van der Waals surface area contributed by atoms with Crippen LogP contribution in [-0.2, 0) is 0 Å². The van der Waals surface area contributed by atoms with Crippen LogP contribution in [0.5, 0.6) is 0 Å². The molecule has 2 aromatic rings. The summed E-state index contributed by atoms with van der Waals surface area (Å²) < 4.78 is 1.86. The Bertz CT molecular complexity index is 651. The van der Waals surface area contributed by atoms with Gasteiger partial charge in [-0.1, -0.05) is 0 Å². The molecule has 0 radical (unpaired) electrons. The van der Waals surface area contributed by atoms with E-state index in [0.29, 0.717) is 17.8 Å². The SMILES string of the molecule is CN1C2CCC1CC(C(=O)c1cnc3cnccn13)C2. The summed E-state index contributed by atoms with van der Waals surface area (Å²) in [4.78, 5) is 23.6. The topological polar surface area (TPSA) is 50.5 Å². The molecule has 2 unspecified atom stereocenters. The molecule has 2 saturated heterocycles. The molecule has 2 aromatic heterocycles. The van der Waals surface area contributed by atoms with Gasteiger partial charge >= 0.3 is 0 Å². The van der Waals surface area contributed by atoms with Gasteiger partial charge in [-0.05, 0) is 32.7 Å². The van der Waals surface area contributed by atoms with Crippen molar-refractivity contribution in [2.24, 2.45) is 5.92 Å². The zero-order valence-corrected chi connectivity index (χ0v) is 11.6. The number of carbonyl (C=O) groups is 1. The number of carbonyl (C=O) groups excluding carboxylic acids is 1. The Kier molecular flexibility index (Phi) is 2.63. The van der Waals surface area contributed by atoms with E-state index < -0.39 is 0 Å². The second kappa shape index (κ2) is 4.38. The second-order valence-electron chi connectivity index (χ2n) is 6.03. The number of rotatable bonds is 2. The fraction of sp³-hybridized carbons (Fsp3) is 0.533. The number of nitrogens with zero attached hydrogens (tertiary/aromatic N) is 4. The molecule has 0 aliphatic carbocycles. The Morgan fingerprint density at radius 1 is 1.25 bits per heavy atom. The Morgan fingerprint density at radius 2 is 2.00 bits per heavy atom. The summed E-state index contributed by atoms with van der Waals surface area (Å²) in [5.74, 6) is 0.394. The third kappa shape index (κ3) is 1.69. The monoisotopic (exact) mass is 270 g/mol. The molecule has 2 atom stereocenters. The third-order valence-electron chi connectivity index (χ3n) is 5.04. The van der Waals surface area contributed by atoms with Crippen molar-refractivity contribution in [3.05, 3.63) is 30.5 Å². The maximum absolute atomic E-state index is 12.8. The lowest BCUT2D eigenvalue weighted by atomic mass is 9.86. The van der Waals surface area contributed by atoms with Gasteiger partial charge in [-0.3, -0.25) is 14.2 Å². The van der Waals surface area contributed by atoms with Gasteiger partial charge in [0.25, 0.3) is 0 Å². The van der Waals surface area contributed by atoms with Gasteiger partial charge < -0.3 is 4.90 Å². The molecular formula is C15H18N4O. The first-order valence-corrected chi connectivity index (χ1v) is 7.27. The first kappa shape index (κ1) is 12.0. The lowest BCUT2D eigenvalue weighted by Crippen LogP contribution is -2.42. The van der Waals surface area contributed by atoms with Crippen LogP contribution < -0.4 is 0 Å². The van der Waals surface area contributed by atoms with Crippen LogP contribution in [0.3, 0.4) is 0 Å². The molecule has 0 spiro atoms. The van der Waals surface area contributed by atoms with Crippen LogP contribution in [0.1, 0.15) is 36.2 Å². The average molecular weight is 270 g/mol. The number of Topliss-reactive ketones (excluding diaryl/α,β-unsaturated/α-hetero) is 1. The van der Waals surface area contributed by atoms with Crippen LogP contribution >= 0.6 is 0 Å². The first-order valence-electron chi connectivity index (χ1n) is 7.27. The predicted molar refractivity (Wildman–Crippen MR) is 74.6 cm³/mol. The van der Waals surface area contributed by atoms with Gasteiger partial charge in [0, 0.05) is 30.4 Å². The van der Waals surface area contributed by atoms with E-state index >= 15 is 0 Å². The van der Waals surface area contributed by atoms with E-state index in [4.69, 9.17) is 0 Å². The number of imidazole rings is 1. The summed E-state index contributed by atoms with van der Waals surface area (Å²) >= 11 is 0. The number of fused-ring (bicyclic) bond motifs is 3. The third-order valence-corrected chi connectivity index (χ3v) is 5.04. The van der Waals surface area contributed by atoms with Crippen LogP contribution in [0.25, 0.3) is 5.65 Å². The minimum absolute atomic E-state index is 0.150. The van der Waals surface area contributed by atoms with Crippen LogP contribution in [-0.4, -0.2) is 44.2 Å². The van der Waals surface area contributed by atoms with Gasteiger partial charge in [0.2, 0.25) is 0 Å². The maximum atomic E-state index is 12.8. The van der Waals surface area contributed by atoms with Crippen molar-refractivity contribution in [3.8, 4) is 0 Å². The van der Waals surface area contributed by atoms with E-state index in [-0.39, 0.29) is 11.7 Å². The van der Waals surface area contributed by atoms with Gasteiger partial charge in [0.05, 0.1) is 12.4 Å². The molecule has 2 fully saturated rings. The van der Waals surface area contributed by atoms with E-state index in [2.05, 4.69) is 21.9 Å². The Morgan fingerprint density at radius 3 is 2.75 bits per heavy atom. The van der Waals surface area contributed by atoms with E-state index in [1.807, 2.05) is 10.6 Å². The van der Waals surface area contributed by atoms with Gasteiger partial charge in [0.1, 0.15) is 5.69 Å². The first-order chi connectivity index (χ1) is 9.74. The van der Waals surface area contributed by atoms with Crippen molar-refractivity contribution in [1.29, 1.82) is 0 Å². The minimum Gasteiger partial charge on any atom is -0.300 e. The van der Waals surface area contributed by atoms with Crippen molar-refractivity contribution in [3.63, 3.8) is 0 Å². The van der Waals surface area contributed by atoms with Crippen molar-refractivity contribution in [2.45, 2.75) is 37.8 Å². The molecule has 0 amide bonds. The number of ketones is 1. The van der Waals surface area contributed by atoms with Crippen molar-refractivity contribution in [2.75, 3.05) is 7.05 Å². The van der Waals surface area contributed by atoms with E-state index in [0.717, 1.165) is 18.5 Å². The highest BCUT2D eigenvalue weighted by Gasteiger charge is 2.41. The summed E-state index contributed by atoms with van der Waals surface area (Å²) in [6, 6.07) is 1.17. The maximum Gasteiger partial charge on any atom is 0.184 e.